The maximum Gasteiger partial charge on any atom is 0.225 e. The summed E-state index contributed by atoms with van der Waals surface area (Å²) in [4.78, 5) is 9.10. The minimum Gasteiger partial charge on any atom is -0.366 e. The smallest absolute Gasteiger partial charge is 0.225 e. The molecule has 1 aliphatic carbocycles. The van der Waals surface area contributed by atoms with Crippen LogP contribution in [0.4, 0.5) is 11.8 Å². The number of aryl methyl sites for hydroxylation is 2. The number of benzene rings is 1. The number of hydrogen-bond acceptors (Lipinski definition) is 4. The molecule has 1 aromatic heterocycles. The van der Waals surface area contributed by atoms with Crippen LogP contribution in [0, 0.1) is 13.8 Å². The molecule has 1 aliphatic rings. The Morgan fingerprint density at radius 1 is 1.05 bits per heavy atom. The maximum atomic E-state index is 4.60. The van der Waals surface area contributed by atoms with E-state index in [0.29, 0.717) is 6.04 Å². The summed E-state index contributed by atoms with van der Waals surface area (Å²) in [6, 6.07) is 11.1. The second kappa shape index (κ2) is 6.77. The molecule has 4 heteroatoms. The first kappa shape index (κ1) is 14.8. The van der Waals surface area contributed by atoms with E-state index in [0.717, 1.165) is 24.0 Å². The Morgan fingerprint density at radius 2 is 1.77 bits per heavy atom. The second-order valence-electron chi connectivity index (χ2n) is 6.18. The van der Waals surface area contributed by atoms with E-state index in [1.165, 1.54) is 36.8 Å². The third-order valence-electron chi connectivity index (χ3n) is 4.14. The molecule has 1 heterocycles. The Bertz CT molecular complexity index is 615. The lowest BCUT2D eigenvalue weighted by Crippen LogP contribution is -2.17. The molecule has 2 aromatic rings. The zero-order valence-electron chi connectivity index (χ0n) is 13.4. The zero-order chi connectivity index (χ0) is 15.4. The van der Waals surface area contributed by atoms with Gasteiger partial charge in [0.05, 0.1) is 0 Å². The van der Waals surface area contributed by atoms with E-state index in [4.69, 9.17) is 0 Å². The Balaban J connectivity index is 1.65. The van der Waals surface area contributed by atoms with Gasteiger partial charge in [-0.25, -0.2) is 4.98 Å². The van der Waals surface area contributed by atoms with E-state index in [9.17, 15) is 0 Å². The highest BCUT2D eigenvalue weighted by Crippen LogP contribution is 2.21. The monoisotopic (exact) mass is 296 g/mol. The Hall–Kier alpha value is -2.10. The highest BCUT2D eigenvalue weighted by molar-refractivity contribution is 5.43. The third-order valence-corrected chi connectivity index (χ3v) is 4.14. The molecule has 1 saturated carbocycles. The first-order valence-electron chi connectivity index (χ1n) is 8.11. The first-order chi connectivity index (χ1) is 10.7. The van der Waals surface area contributed by atoms with Crippen molar-refractivity contribution < 1.29 is 0 Å². The van der Waals surface area contributed by atoms with Crippen LogP contribution in [0.1, 0.15) is 42.5 Å². The summed E-state index contributed by atoms with van der Waals surface area (Å²) in [5.41, 5.74) is 3.53. The molecule has 0 bridgehead atoms. The minimum atomic E-state index is 0.534. The van der Waals surface area contributed by atoms with Crippen LogP contribution in [-0.4, -0.2) is 16.0 Å². The summed E-state index contributed by atoms with van der Waals surface area (Å²) in [6.45, 7) is 4.89. The molecular formula is C18H24N4. The quantitative estimate of drug-likeness (QED) is 0.873. The normalized spacial score (nSPS) is 15.0. The Labute approximate surface area is 132 Å². The number of aromatic nitrogens is 2. The lowest BCUT2D eigenvalue weighted by molar-refractivity contribution is 0.743. The van der Waals surface area contributed by atoms with Crippen molar-refractivity contribution in [1.29, 1.82) is 0 Å². The van der Waals surface area contributed by atoms with Crippen molar-refractivity contribution in [2.24, 2.45) is 0 Å². The summed E-state index contributed by atoms with van der Waals surface area (Å²) in [6.07, 6.45) is 5.07. The van der Waals surface area contributed by atoms with Gasteiger partial charge in [-0.3, -0.25) is 0 Å². The average molecular weight is 296 g/mol. The van der Waals surface area contributed by atoms with Crippen LogP contribution < -0.4 is 10.6 Å². The zero-order valence-corrected chi connectivity index (χ0v) is 13.4. The molecule has 0 amide bonds. The van der Waals surface area contributed by atoms with Crippen molar-refractivity contribution in [2.45, 2.75) is 52.1 Å². The highest BCUT2D eigenvalue weighted by Gasteiger charge is 2.15. The average Bonchev–Trinajstić information content (AvgIpc) is 2.99. The van der Waals surface area contributed by atoms with Crippen LogP contribution in [-0.2, 0) is 6.54 Å². The van der Waals surface area contributed by atoms with Crippen molar-refractivity contribution in [3.05, 3.63) is 47.2 Å². The van der Waals surface area contributed by atoms with E-state index in [2.05, 4.69) is 51.8 Å². The van der Waals surface area contributed by atoms with Gasteiger partial charge in [0.1, 0.15) is 5.82 Å². The fourth-order valence-electron chi connectivity index (χ4n) is 2.87. The van der Waals surface area contributed by atoms with Crippen molar-refractivity contribution in [3.63, 3.8) is 0 Å². The van der Waals surface area contributed by atoms with Crippen molar-refractivity contribution in [2.75, 3.05) is 10.6 Å². The summed E-state index contributed by atoms with van der Waals surface area (Å²) in [5, 5.41) is 6.86. The van der Waals surface area contributed by atoms with E-state index in [1.807, 2.05) is 13.0 Å². The molecule has 0 unspecified atom stereocenters. The van der Waals surface area contributed by atoms with Gasteiger partial charge in [0.2, 0.25) is 5.95 Å². The van der Waals surface area contributed by atoms with Gasteiger partial charge in [0, 0.05) is 24.3 Å². The first-order valence-corrected chi connectivity index (χ1v) is 8.11. The van der Waals surface area contributed by atoms with E-state index in [-0.39, 0.29) is 0 Å². The molecule has 116 valence electrons. The molecule has 0 aliphatic heterocycles. The van der Waals surface area contributed by atoms with Crippen LogP contribution in [0.3, 0.4) is 0 Å². The van der Waals surface area contributed by atoms with Gasteiger partial charge in [-0.1, -0.05) is 42.7 Å². The van der Waals surface area contributed by atoms with Gasteiger partial charge >= 0.3 is 0 Å². The molecule has 0 saturated heterocycles. The van der Waals surface area contributed by atoms with E-state index < -0.39 is 0 Å². The number of rotatable bonds is 5. The number of nitrogens with zero attached hydrogens (tertiary/aromatic N) is 2. The standard InChI is InChI=1S/C18H24N4/c1-13-7-9-15(10-8-13)12-19-17-11-14(2)20-18(22-17)21-16-5-3-4-6-16/h7-11,16H,3-6,12H2,1-2H3,(H2,19,20,21,22). The van der Waals surface area contributed by atoms with Gasteiger partial charge in [0.25, 0.3) is 0 Å². The van der Waals surface area contributed by atoms with Crippen molar-refractivity contribution >= 4 is 11.8 Å². The maximum absolute atomic E-state index is 4.60. The fourth-order valence-corrected chi connectivity index (χ4v) is 2.87. The van der Waals surface area contributed by atoms with Crippen LogP contribution in [0.15, 0.2) is 30.3 Å². The molecule has 1 fully saturated rings. The number of hydrogen-bond donors (Lipinski definition) is 2. The SMILES string of the molecule is Cc1ccc(CNc2cc(C)nc(NC3CCCC3)n2)cc1. The molecule has 4 nitrogen and oxygen atoms in total. The summed E-state index contributed by atoms with van der Waals surface area (Å²) >= 11 is 0. The molecule has 0 atom stereocenters. The molecule has 0 spiro atoms. The van der Waals surface area contributed by atoms with E-state index in [1.54, 1.807) is 0 Å². The summed E-state index contributed by atoms with van der Waals surface area (Å²) < 4.78 is 0. The highest BCUT2D eigenvalue weighted by atomic mass is 15.2. The predicted octanol–water partition coefficient (Wildman–Crippen LogP) is 4.06. The largest absolute Gasteiger partial charge is 0.366 e. The van der Waals surface area contributed by atoms with Gasteiger partial charge in [0.15, 0.2) is 0 Å². The van der Waals surface area contributed by atoms with Crippen LogP contribution >= 0.6 is 0 Å². The Kier molecular flexibility index (Phi) is 4.56. The minimum absolute atomic E-state index is 0.534. The molecular weight excluding hydrogens is 272 g/mol. The summed E-state index contributed by atoms with van der Waals surface area (Å²) in [5.74, 6) is 1.63. The molecule has 22 heavy (non-hydrogen) atoms. The third kappa shape index (κ3) is 3.97. The van der Waals surface area contributed by atoms with Gasteiger partial charge in [-0.2, -0.15) is 4.98 Å². The number of nitrogens with one attached hydrogen (secondary N) is 2. The van der Waals surface area contributed by atoms with Crippen LogP contribution in [0.5, 0.6) is 0 Å². The van der Waals surface area contributed by atoms with Gasteiger partial charge in [-0.05, 0) is 32.3 Å². The molecule has 0 radical (unpaired) electrons. The lowest BCUT2D eigenvalue weighted by atomic mass is 10.1. The predicted molar refractivity (Wildman–Crippen MR) is 91.2 cm³/mol. The number of anilines is 2. The van der Waals surface area contributed by atoms with Crippen molar-refractivity contribution in [1.82, 2.24) is 9.97 Å². The Morgan fingerprint density at radius 3 is 2.50 bits per heavy atom. The second-order valence-corrected chi connectivity index (χ2v) is 6.18. The van der Waals surface area contributed by atoms with Crippen molar-refractivity contribution in [3.8, 4) is 0 Å². The topological polar surface area (TPSA) is 49.8 Å². The fraction of sp³-hybridized carbons (Fsp3) is 0.444. The molecule has 3 rings (SSSR count). The van der Waals surface area contributed by atoms with Gasteiger partial charge in [-0.15, -0.1) is 0 Å². The summed E-state index contributed by atoms with van der Waals surface area (Å²) in [7, 11) is 0. The molecule has 2 N–H and O–H groups in total. The van der Waals surface area contributed by atoms with Crippen LogP contribution in [0.2, 0.25) is 0 Å². The lowest BCUT2D eigenvalue weighted by Gasteiger charge is -2.14. The van der Waals surface area contributed by atoms with E-state index >= 15 is 0 Å². The van der Waals surface area contributed by atoms with Crippen LogP contribution in [0.25, 0.3) is 0 Å². The van der Waals surface area contributed by atoms with Gasteiger partial charge < -0.3 is 10.6 Å². The molecule has 1 aromatic carbocycles.